The van der Waals surface area contributed by atoms with Gasteiger partial charge in [-0.1, -0.05) is 11.6 Å². The zero-order valence-electron chi connectivity index (χ0n) is 16.1. The second kappa shape index (κ2) is 11.1. The van der Waals surface area contributed by atoms with E-state index in [4.69, 9.17) is 16.3 Å². The van der Waals surface area contributed by atoms with Crippen LogP contribution in [0.4, 0.5) is 0 Å². The third-order valence-electron chi connectivity index (χ3n) is 4.51. The predicted molar refractivity (Wildman–Crippen MR) is 104 cm³/mol. The van der Waals surface area contributed by atoms with Crippen LogP contribution in [-0.4, -0.2) is 70.3 Å². The summed E-state index contributed by atoms with van der Waals surface area (Å²) in [5, 5.41) is 6.16. The molecule has 1 saturated heterocycles. The van der Waals surface area contributed by atoms with E-state index in [0.29, 0.717) is 18.2 Å². The fraction of sp³-hybridized carbons (Fsp3) is 0.579. The summed E-state index contributed by atoms with van der Waals surface area (Å²) in [6, 6.07) is 7.48. The molecule has 1 aliphatic rings. The molecule has 2 rings (SSSR count). The predicted octanol–water partition coefficient (Wildman–Crippen LogP) is -1.86. The van der Waals surface area contributed by atoms with Crippen molar-refractivity contribution in [2.45, 2.75) is 19.9 Å². The van der Waals surface area contributed by atoms with Crippen LogP contribution in [0.2, 0.25) is 5.02 Å². The summed E-state index contributed by atoms with van der Waals surface area (Å²) in [6.45, 7) is 9.78. The summed E-state index contributed by atoms with van der Waals surface area (Å²) in [5.41, 5.74) is 0. The Kier molecular flexibility index (Phi) is 8.84. The highest BCUT2D eigenvalue weighted by Crippen LogP contribution is 2.14. The number of rotatable bonds is 9. The molecule has 1 aliphatic heterocycles. The average molecular weight is 399 g/mol. The van der Waals surface area contributed by atoms with Crippen LogP contribution in [0.15, 0.2) is 24.3 Å². The molecule has 7 nitrogen and oxygen atoms in total. The number of halogens is 1. The first kappa shape index (κ1) is 21.5. The van der Waals surface area contributed by atoms with E-state index in [2.05, 4.69) is 10.6 Å². The van der Waals surface area contributed by atoms with Crippen LogP contribution < -0.4 is 25.2 Å². The van der Waals surface area contributed by atoms with Gasteiger partial charge in [-0.3, -0.25) is 9.59 Å². The lowest BCUT2D eigenvalue weighted by atomic mass is 10.3. The number of piperazine rings is 1. The van der Waals surface area contributed by atoms with Crippen molar-refractivity contribution in [1.82, 2.24) is 10.6 Å². The highest BCUT2D eigenvalue weighted by Gasteiger charge is 2.24. The van der Waals surface area contributed by atoms with Gasteiger partial charge >= 0.3 is 0 Å². The quantitative estimate of drug-likeness (QED) is 0.394. The Morgan fingerprint density at radius 1 is 1.07 bits per heavy atom. The molecular weight excluding hydrogens is 368 g/mol. The summed E-state index contributed by atoms with van der Waals surface area (Å²) in [4.78, 5) is 26.3. The van der Waals surface area contributed by atoms with Crippen molar-refractivity contribution in [3.05, 3.63) is 29.3 Å². The van der Waals surface area contributed by atoms with Gasteiger partial charge in [0, 0.05) is 11.1 Å². The van der Waals surface area contributed by atoms with E-state index in [1.165, 1.54) is 9.80 Å². The van der Waals surface area contributed by atoms with Gasteiger partial charge in [-0.2, -0.15) is 0 Å². The zero-order chi connectivity index (χ0) is 19.6. The van der Waals surface area contributed by atoms with E-state index in [9.17, 15) is 9.59 Å². The Balaban J connectivity index is 1.57. The van der Waals surface area contributed by atoms with Crippen molar-refractivity contribution in [1.29, 1.82) is 0 Å². The molecule has 0 saturated carbocycles. The summed E-state index contributed by atoms with van der Waals surface area (Å²) in [6.07, 6.45) is 0. The van der Waals surface area contributed by atoms with Gasteiger partial charge in [0.25, 0.3) is 5.91 Å². The van der Waals surface area contributed by atoms with Crippen molar-refractivity contribution in [3.63, 3.8) is 0 Å². The van der Waals surface area contributed by atoms with E-state index < -0.39 is 0 Å². The summed E-state index contributed by atoms with van der Waals surface area (Å²) in [7, 11) is 0. The molecule has 0 radical (unpaired) electrons. The van der Waals surface area contributed by atoms with Crippen LogP contribution >= 0.6 is 11.6 Å². The van der Waals surface area contributed by atoms with E-state index >= 15 is 0 Å². The average Bonchev–Trinajstić information content (AvgIpc) is 2.63. The van der Waals surface area contributed by atoms with Crippen molar-refractivity contribution < 1.29 is 24.1 Å². The zero-order valence-corrected chi connectivity index (χ0v) is 16.9. The molecule has 0 atom stereocenters. The molecule has 0 aliphatic carbocycles. The second-order valence-corrected chi connectivity index (χ2v) is 7.66. The van der Waals surface area contributed by atoms with E-state index in [-0.39, 0.29) is 24.4 Å². The minimum Gasteiger partial charge on any atom is -0.488 e. The maximum absolute atomic E-state index is 12.0. The van der Waals surface area contributed by atoms with Crippen LogP contribution in [0, 0.1) is 0 Å². The number of nitrogens with one attached hydrogen (secondary N) is 4. The largest absolute Gasteiger partial charge is 0.488 e. The van der Waals surface area contributed by atoms with Gasteiger partial charge in [-0.25, -0.2) is 0 Å². The first-order valence-corrected chi connectivity index (χ1v) is 9.91. The lowest BCUT2D eigenvalue weighted by Gasteiger charge is -2.29. The first-order valence-electron chi connectivity index (χ1n) is 9.54. The number of benzene rings is 1. The first-order chi connectivity index (χ1) is 12.9. The van der Waals surface area contributed by atoms with Gasteiger partial charge in [0.05, 0.1) is 6.54 Å². The Hall–Kier alpha value is -1.83. The van der Waals surface area contributed by atoms with Crippen LogP contribution in [0.5, 0.6) is 5.75 Å². The second-order valence-electron chi connectivity index (χ2n) is 7.23. The standard InChI is InChI=1S/C19H29ClN4O3/c1-15(2)22-18(25)13-21-19(26)14-24-9-7-23(8-10-24)11-12-27-17-5-3-16(20)4-6-17/h3-6,15H,7-14H2,1-2H3,(H,21,26)(H,22,25)/p+2. The topological polar surface area (TPSA) is 76.3 Å². The number of ether oxygens (including phenoxy) is 1. The monoisotopic (exact) mass is 398 g/mol. The van der Waals surface area contributed by atoms with E-state index in [1.54, 1.807) is 0 Å². The maximum atomic E-state index is 12.0. The number of carbonyl (C=O) groups excluding carboxylic acids is 2. The molecule has 27 heavy (non-hydrogen) atoms. The van der Waals surface area contributed by atoms with Gasteiger partial charge in [0.1, 0.15) is 45.1 Å². The SMILES string of the molecule is CC(C)NC(=O)CNC(=O)C[NH+]1CC[NH+](CCOc2ccc(Cl)cc2)CC1. The van der Waals surface area contributed by atoms with Crippen LogP contribution in [0.25, 0.3) is 0 Å². The maximum Gasteiger partial charge on any atom is 0.275 e. The number of amides is 2. The third kappa shape index (κ3) is 8.60. The summed E-state index contributed by atoms with van der Waals surface area (Å²) >= 11 is 5.86. The van der Waals surface area contributed by atoms with E-state index in [1.807, 2.05) is 38.1 Å². The van der Waals surface area contributed by atoms with Crippen molar-refractivity contribution >= 4 is 23.4 Å². The lowest BCUT2D eigenvalue weighted by molar-refractivity contribution is -1.01. The molecule has 1 fully saturated rings. The van der Waals surface area contributed by atoms with Crippen LogP contribution in [-0.2, 0) is 9.59 Å². The minimum absolute atomic E-state index is 0.0453. The Labute approximate surface area is 166 Å². The van der Waals surface area contributed by atoms with Crippen molar-refractivity contribution in [2.75, 3.05) is 52.4 Å². The van der Waals surface area contributed by atoms with Crippen molar-refractivity contribution in [3.8, 4) is 5.75 Å². The van der Waals surface area contributed by atoms with Gasteiger partial charge < -0.3 is 25.2 Å². The Morgan fingerprint density at radius 2 is 1.70 bits per heavy atom. The van der Waals surface area contributed by atoms with Gasteiger partial charge in [0.15, 0.2) is 6.54 Å². The minimum atomic E-state index is -0.150. The molecule has 2 amide bonds. The number of hydrogen-bond acceptors (Lipinski definition) is 3. The molecule has 8 heteroatoms. The van der Waals surface area contributed by atoms with Gasteiger partial charge in [0.2, 0.25) is 5.91 Å². The molecule has 4 N–H and O–H groups in total. The fourth-order valence-electron chi connectivity index (χ4n) is 3.07. The van der Waals surface area contributed by atoms with Crippen LogP contribution in [0.3, 0.4) is 0 Å². The summed E-state index contributed by atoms with van der Waals surface area (Å²) in [5.74, 6) is 0.614. The molecule has 0 spiro atoms. The van der Waals surface area contributed by atoms with Gasteiger partial charge in [-0.15, -0.1) is 0 Å². The molecule has 150 valence electrons. The third-order valence-corrected chi connectivity index (χ3v) is 4.76. The molecule has 1 heterocycles. The molecule has 0 unspecified atom stereocenters. The molecule has 1 aromatic rings. The molecule has 0 aromatic heterocycles. The van der Waals surface area contributed by atoms with Crippen LogP contribution in [0.1, 0.15) is 13.8 Å². The number of carbonyl (C=O) groups is 2. The Morgan fingerprint density at radius 3 is 2.33 bits per heavy atom. The smallest absolute Gasteiger partial charge is 0.275 e. The highest BCUT2D eigenvalue weighted by atomic mass is 35.5. The highest BCUT2D eigenvalue weighted by molar-refractivity contribution is 6.30. The van der Waals surface area contributed by atoms with Gasteiger partial charge in [-0.05, 0) is 38.1 Å². The number of hydrogen-bond donors (Lipinski definition) is 4. The molecular formula is C19H31ClN4O3+2. The normalized spacial score (nSPS) is 19.6. The lowest BCUT2D eigenvalue weighted by Crippen LogP contribution is -3.28. The molecule has 0 bridgehead atoms. The summed E-state index contributed by atoms with van der Waals surface area (Å²) < 4.78 is 5.75. The number of quaternary nitrogens is 2. The van der Waals surface area contributed by atoms with Crippen molar-refractivity contribution in [2.24, 2.45) is 0 Å². The molecule has 1 aromatic carbocycles. The fourth-order valence-corrected chi connectivity index (χ4v) is 3.20. The Bertz CT molecular complexity index is 601. The van der Waals surface area contributed by atoms with E-state index in [0.717, 1.165) is 38.5 Å².